The zero-order chi connectivity index (χ0) is 26.5. The molecule has 0 unspecified atom stereocenters. The number of anilines is 2. The number of fused-ring (bicyclic) bond motifs is 1. The van der Waals surface area contributed by atoms with Crippen LogP contribution in [0.25, 0.3) is 10.9 Å². The van der Waals surface area contributed by atoms with Crippen LogP contribution in [0.4, 0.5) is 11.5 Å². The molecule has 8 heteroatoms. The number of nitrogens with one attached hydrogen (secondary N) is 3. The Hall–Kier alpha value is -4.17. The van der Waals surface area contributed by atoms with Gasteiger partial charge in [0, 0.05) is 48.4 Å². The summed E-state index contributed by atoms with van der Waals surface area (Å²) >= 11 is 0. The van der Waals surface area contributed by atoms with Crippen molar-refractivity contribution in [3.05, 3.63) is 89.5 Å². The summed E-state index contributed by atoms with van der Waals surface area (Å²) in [7, 11) is 2.13. The molecule has 1 atom stereocenters. The van der Waals surface area contributed by atoms with Crippen LogP contribution in [-0.4, -0.2) is 60.1 Å². The van der Waals surface area contributed by atoms with E-state index in [0.29, 0.717) is 22.3 Å². The van der Waals surface area contributed by atoms with Crippen molar-refractivity contribution >= 4 is 34.2 Å². The minimum atomic E-state index is -0.245. The molecule has 0 aliphatic carbocycles. The van der Waals surface area contributed by atoms with E-state index in [2.05, 4.69) is 44.6 Å². The van der Waals surface area contributed by atoms with Gasteiger partial charge in [-0.25, -0.2) is 0 Å². The number of benzene rings is 3. The Morgan fingerprint density at radius 3 is 2.34 bits per heavy atom. The number of aromatic amines is 1. The maximum Gasteiger partial charge on any atom is 0.256 e. The highest BCUT2D eigenvalue weighted by Gasteiger charge is 2.18. The molecule has 4 aromatic rings. The Morgan fingerprint density at radius 2 is 1.63 bits per heavy atom. The molecule has 2 heterocycles. The topological polar surface area (TPSA) is 93.4 Å². The van der Waals surface area contributed by atoms with Crippen LogP contribution in [0.3, 0.4) is 0 Å². The second kappa shape index (κ2) is 11.5. The first kappa shape index (κ1) is 25.5. The van der Waals surface area contributed by atoms with Gasteiger partial charge in [-0.3, -0.25) is 14.7 Å². The number of carbonyl (C=O) groups excluding carboxylic acids is 2. The van der Waals surface area contributed by atoms with E-state index in [4.69, 9.17) is 0 Å². The van der Waals surface area contributed by atoms with Crippen LogP contribution >= 0.6 is 0 Å². The molecule has 1 fully saturated rings. The Morgan fingerprint density at radius 1 is 0.921 bits per heavy atom. The first-order valence-corrected chi connectivity index (χ1v) is 13.2. The lowest BCUT2D eigenvalue weighted by atomic mass is 10.0. The minimum Gasteiger partial charge on any atom is -0.369 e. The number of H-pyrrole nitrogens is 1. The molecule has 38 heavy (non-hydrogen) atoms. The van der Waals surface area contributed by atoms with Crippen molar-refractivity contribution in [2.75, 3.05) is 43.4 Å². The number of aromatic nitrogens is 2. The van der Waals surface area contributed by atoms with Crippen LogP contribution < -0.4 is 15.5 Å². The van der Waals surface area contributed by atoms with Crippen LogP contribution in [0.15, 0.2) is 72.8 Å². The minimum absolute atomic E-state index is 0.0678. The molecule has 3 N–H and O–H groups in total. The lowest BCUT2D eigenvalue weighted by Gasteiger charge is -2.34. The summed E-state index contributed by atoms with van der Waals surface area (Å²) in [6, 6.07) is 23.0. The van der Waals surface area contributed by atoms with E-state index in [9.17, 15) is 9.59 Å². The first-order chi connectivity index (χ1) is 18.5. The van der Waals surface area contributed by atoms with Gasteiger partial charge in [0.15, 0.2) is 5.82 Å². The van der Waals surface area contributed by atoms with Gasteiger partial charge in [0.2, 0.25) is 0 Å². The van der Waals surface area contributed by atoms with E-state index in [-0.39, 0.29) is 17.9 Å². The number of hydrogen-bond acceptors (Lipinski definition) is 5. The van der Waals surface area contributed by atoms with E-state index >= 15 is 0 Å². The Bertz CT molecular complexity index is 1390. The molecule has 0 radical (unpaired) electrons. The third kappa shape index (κ3) is 5.70. The fourth-order valence-electron chi connectivity index (χ4n) is 4.86. The summed E-state index contributed by atoms with van der Waals surface area (Å²) in [5.74, 6) is -0.00611. The van der Waals surface area contributed by atoms with Gasteiger partial charge in [0.1, 0.15) is 0 Å². The molecule has 1 aromatic heterocycles. The van der Waals surface area contributed by atoms with Gasteiger partial charge in [0.25, 0.3) is 11.8 Å². The summed E-state index contributed by atoms with van der Waals surface area (Å²) in [4.78, 5) is 30.8. The zero-order valence-electron chi connectivity index (χ0n) is 21.9. The van der Waals surface area contributed by atoms with E-state index < -0.39 is 0 Å². The fourth-order valence-corrected chi connectivity index (χ4v) is 4.86. The third-order valence-corrected chi connectivity index (χ3v) is 7.14. The van der Waals surface area contributed by atoms with E-state index in [1.54, 1.807) is 12.1 Å². The highest BCUT2D eigenvalue weighted by Crippen LogP contribution is 2.25. The Kier molecular flexibility index (Phi) is 7.70. The van der Waals surface area contributed by atoms with Crippen LogP contribution in [0, 0.1) is 0 Å². The third-order valence-electron chi connectivity index (χ3n) is 7.14. The smallest absolute Gasteiger partial charge is 0.256 e. The second-order valence-electron chi connectivity index (χ2n) is 9.85. The monoisotopic (exact) mass is 510 g/mol. The molecular weight excluding hydrogens is 476 g/mol. The van der Waals surface area contributed by atoms with Gasteiger partial charge >= 0.3 is 0 Å². The lowest BCUT2D eigenvalue weighted by Crippen LogP contribution is -2.44. The molecule has 2 amide bonds. The molecule has 196 valence electrons. The number of likely N-dealkylation sites (N-methyl/N-ethyl adjacent to an activating group) is 1. The van der Waals surface area contributed by atoms with E-state index in [0.717, 1.165) is 55.8 Å². The first-order valence-electron chi connectivity index (χ1n) is 13.2. The average Bonchev–Trinajstić information content (AvgIpc) is 3.35. The van der Waals surface area contributed by atoms with Crippen molar-refractivity contribution in [3.63, 3.8) is 0 Å². The summed E-state index contributed by atoms with van der Waals surface area (Å²) in [5.41, 5.74) is 4.02. The van der Waals surface area contributed by atoms with E-state index in [1.807, 2.05) is 60.7 Å². The number of rotatable bonds is 8. The maximum absolute atomic E-state index is 13.2. The summed E-state index contributed by atoms with van der Waals surface area (Å²) in [6.07, 6.45) is 1.80. The quantitative estimate of drug-likeness (QED) is 0.316. The summed E-state index contributed by atoms with van der Waals surface area (Å²) < 4.78 is 0. The van der Waals surface area contributed by atoms with Crippen LogP contribution in [0.2, 0.25) is 0 Å². The highest BCUT2D eigenvalue weighted by atomic mass is 16.2. The van der Waals surface area contributed by atoms with Crippen LogP contribution in [-0.2, 0) is 0 Å². The molecule has 1 aliphatic rings. The maximum atomic E-state index is 13.2. The van der Waals surface area contributed by atoms with Crippen molar-refractivity contribution in [3.8, 4) is 0 Å². The largest absolute Gasteiger partial charge is 0.369 e. The van der Waals surface area contributed by atoms with Crippen molar-refractivity contribution in [1.29, 1.82) is 0 Å². The van der Waals surface area contributed by atoms with Gasteiger partial charge in [-0.1, -0.05) is 43.7 Å². The lowest BCUT2D eigenvalue weighted by molar-refractivity contribution is 0.0934. The molecule has 5 rings (SSSR count). The number of amides is 2. The average molecular weight is 511 g/mol. The molecular formula is C30H34N6O2. The Labute approximate surface area is 223 Å². The van der Waals surface area contributed by atoms with Crippen LogP contribution in [0.5, 0.6) is 0 Å². The number of nitrogens with zero attached hydrogens (tertiary/aromatic N) is 3. The van der Waals surface area contributed by atoms with Gasteiger partial charge in [-0.05, 0) is 61.5 Å². The fraction of sp³-hybridized carbons (Fsp3) is 0.300. The number of hydrogen-bond donors (Lipinski definition) is 3. The molecule has 1 saturated heterocycles. The van der Waals surface area contributed by atoms with Crippen molar-refractivity contribution in [2.45, 2.75) is 25.8 Å². The van der Waals surface area contributed by atoms with Gasteiger partial charge < -0.3 is 20.4 Å². The molecule has 0 spiro atoms. The van der Waals surface area contributed by atoms with Crippen molar-refractivity contribution < 1.29 is 9.59 Å². The molecule has 8 nitrogen and oxygen atoms in total. The van der Waals surface area contributed by atoms with Gasteiger partial charge in [-0.15, -0.1) is 0 Å². The van der Waals surface area contributed by atoms with Crippen molar-refractivity contribution in [2.24, 2.45) is 0 Å². The summed E-state index contributed by atoms with van der Waals surface area (Å²) in [5, 5.41) is 14.0. The molecule has 0 saturated carbocycles. The summed E-state index contributed by atoms with van der Waals surface area (Å²) in [6.45, 7) is 6.11. The van der Waals surface area contributed by atoms with Gasteiger partial charge in [-0.2, -0.15) is 5.10 Å². The normalized spacial score (nSPS) is 14.8. The second-order valence-corrected chi connectivity index (χ2v) is 9.85. The van der Waals surface area contributed by atoms with Crippen molar-refractivity contribution in [1.82, 2.24) is 20.4 Å². The number of carbonyl (C=O) groups is 2. The zero-order valence-corrected chi connectivity index (χ0v) is 21.9. The molecule has 1 aliphatic heterocycles. The molecule has 0 bridgehead atoms. The van der Waals surface area contributed by atoms with Crippen LogP contribution in [0.1, 0.15) is 52.1 Å². The number of piperazine rings is 1. The highest BCUT2D eigenvalue weighted by molar-refractivity contribution is 6.09. The predicted octanol–water partition coefficient (Wildman–Crippen LogP) is 4.84. The SMILES string of the molecule is CCC[C@H](NC(=O)c1ccc2[nH]nc(NC(=O)c3ccc(N4CCN(C)CC4)cc3)c2c1)c1ccccc1. The van der Waals surface area contributed by atoms with Gasteiger partial charge in [0.05, 0.1) is 11.6 Å². The Balaban J connectivity index is 1.29. The molecule has 3 aromatic carbocycles. The standard InChI is InChI=1S/C30H34N6O2/c1-3-7-26(21-8-5-4-6-9-21)31-30(38)23-12-15-27-25(20-23)28(34-33-27)32-29(37)22-10-13-24(14-11-22)36-18-16-35(2)17-19-36/h4-6,8-15,20,26H,3,7,16-19H2,1-2H3,(H,31,38)(H2,32,33,34,37)/t26-/m0/s1. The van der Waals surface area contributed by atoms with E-state index in [1.165, 1.54) is 0 Å². The predicted molar refractivity (Wildman–Crippen MR) is 152 cm³/mol.